The van der Waals surface area contributed by atoms with E-state index >= 15 is 0 Å². The fourth-order valence-electron chi connectivity index (χ4n) is 1.27. The van der Waals surface area contributed by atoms with Gasteiger partial charge in [-0.2, -0.15) is 0 Å². The standard InChI is InChI=1S/C11H11NS.2C2H6/c1-8-3-10(6-12-5-8)11-4-9(2)7-13-11;2*1-2/h3-7H,1-2H3;2*1-2H3. The van der Waals surface area contributed by atoms with Gasteiger partial charge in [0.2, 0.25) is 0 Å². The Labute approximate surface area is 110 Å². The largest absolute Gasteiger partial charge is 0.264 e. The van der Waals surface area contributed by atoms with E-state index in [1.54, 1.807) is 11.3 Å². The first-order chi connectivity index (χ1) is 8.25. The van der Waals surface area contributed by atoms with Crippen LogP contribution < -0.4 is 0 Å². The molecule has 0 spiro atoms. The lowest BCUT2D eigenvalue weighted by atomic mass is 10.2. The van der Waals surface area contributed by atoms with Crippen LogP contribution in [-0.4, -0.2) is 4.98 Å². The van der Waals surface area contributed by atoms with Crippen molar-refractivity contribution in [1.82, 2.24) is 4.98 Å². The Morgan fingerprint density at radius 3 is 2.00 bits per heavy atom. The Kier molecular flexibility index (Phi) is 8.34. The molecule has 0 N–H and O–H groups in total. The van der Waals surface area contributed by atoms with E-state index in [9.17, 15) is 0 Å². The van der Waals surface area contributed by atoms with Gasteiger partial charge in [0.15, 0.2) is 0 Å². The second kappa shape index (κ2) is 8.94. The summed E-state index contributed by atoms with van der Waals surface area (Å²) in [6.45, 7) is 12.2. The second-order valence-electron chi connectivity index (χ2n) is 3.24. The first-order valence-electron chi connectivity index (χ1n) is 6.23. The summed E-state index contributed by atoms with van der Waals surface area (Å²) >= 11 is 1.77. The third-order valence-electron chi connectivity index (χ3n) is 1.89. The molecule has 0 aromatic carbocycles. The van der Waals surface area contributed by atoms with Crippen LogP contribution in [0.25, 0.3) is 10.4 Å². The van der Waals surface area contributed by atoms with Crippen molar-refractivity contribution in [2.24, 2.45) is 0 Å². The normalized spacial score (nSPS) is 8.59. The van der Waals surface area contributed by atoms with Crippen molar-refractivity contribution in [2.75, 3.05) is 0 Å². The van der Waals surface area contributed by atoms with Crippen molar-refractivity contribution in [2.45, 2.75) is 41.5 Å². The van der Waals surface area contributed by atoms with Gasteiger partial charge in [-0.15, -0.1) is 11.3 Å². The summed E-state index contributed by atoms with van der Waals surface area (Å²) in [4.78, 5) is 5.48. The maximum absolute atomic E-state index is 4.18. The molecule has 2 heterocycles. The summed E-state index contributed by atoms with van der Waals surface area (Å²) in [5.41, 5.74) is 3.75. The number of hydrogen-bond donors (Lipinski definition) is 0. The van der Waals surface area contributed by atoms with Gasteiger partial charge in [-0.05, 0) is 42.5 Å². The van der Waals surface area contributed by atoms with Crippen molar-refractivity contribution in [3.8, 4) is 10.4 Å². The molecule has 0 saturated heterocycles. The Bertz CT molecular complexity index is 418. The summed E-state index contributed by atoms with van der Waals surface area (Å²) in [6, 6.07) is 4.36. The molecule has 17 heavy (non-hydrogen) atoms. The molecule has 0 aliphatic heterocycles. The van der Waals surface area contributed by atoms with Crippen LogP contribution in [0.1, 0.15) is 38.8 Å². The third-order valence-corrected chi connectivity index (χ3v) is 2.99. The quantitative estimate of drug-likeness (QED) is 0.652. The first-order valence-corrected chi connectivity index (χ1v) is 7.11. The van der Waals surface area contributed by atoms with Crippen LogP contribution in [-0.2, 0) is 0 Å². The summed E-state index contributed by atoms with van der Waals surface area (Å²) in [7, 11) is 0. The Morgan fingerprint density at radius 2 is 1.53 bits per heavy atom. The smallest absolute Gasteiger partial charge is 0.0361 e. The zero-order valence-corrected chi connectivity index (χ0v) is 12.6. The van der Waals surface area contributed by atoms with Crippen LogP contribution in [0, 0.1) is 13.8 Å². The maximum atomic E-state index is 4.18. The molecule has 0 radical (unpaired) electrons. The van der Waals surface area contributed by atoms with Gasteiger partial charge < -0.3 is 0 Å². The number of rotatable bonds is 1. The highest BCUT2D eigenvalue weighted by Gasteiger charge is 2.00. The van der Waals surface area contributed by atoms with Crippen LogP contribution in [0.3, 0.4) is 0 Å². The van der Waals surface area contributed by atoms with Gasteiger partial charge in [0.1, 0.15) is 0 Å². The molecular weight excluding hydrogens is 226 g/mol. The van der Waals surface area contributed by atoms with Crippen molar-refractivity contribution >= 4 is 11.3 Å². The lowest BCUT2D eigenvalue weighted by Crippen LogP contribution is -1.78. The molecule has 2 aromatic heterocycles. The highest BCUT2D eigenvalue weighted by molar-refractivity contribution is 7.13. The Hall–Kier alpha value is -1.15. The van der Waals surface area contributed by atoms with Crippen LogP contribution in [0.5, 0.6) is 0 Å². The Morgan fingerprint density at radius 1 is 0.882 bits per heavy atom. The number of hydrogen-bond acceptors (Lipinski definition) is 2. The van der Waals surface area contributed by atoms with E-state index in [1.807, 2.05) is 40.1 Å². The predicted molar refractivity (Wildman–Crippen MR) is 79.7 cm³/mol. The van der Waals surface area contributed by atoms with Gasteiger partial charge in [0.05, 0.1) is 0 Å². The van der Waals surface area contributed by atoms with E-state index in [0.717, 1.165) is 0 Å². The van der Waals surface area contributed by atoms with Crippen LogP contribution in [0.15, 0.2) is 29.9 Å². The first kappa shape index (κ1) is 15.9. The maximum Gasteiger partial charge on any atom is 0.0361 e. The van der Waals surface area contributed by atoms with Gasteiger partial charge in [-0.25, -0.2) is 0 Å². The molecule has 0 aliphatic rings. The van der Waals surface area contributed by atoms with Crippen molar-refractivity contribution in [3.05, 3.63) is 41.0 Å². The highest BCUT2D eigenvalue weighted by atomic mass is 32.1. The number of thiophene rings is 1. The van der Waals surface area contributed by atoms with Gasteiger partial charge in [0.25, 0.3) is 0 Å². The molecule has 0 saturated carbocycles. The van der Waals surface area contributed by atoms with E-state index in [4.69, 9.17) is 0 Å². The monoisotopic (exact) mass is 249 g/mol. The van der Waals surface area contributed by atoms with Gasteiger partial charge in [0, 0.05) is 22.8 Å². The summed E-state index contributed by atoms with van der Waals surface area (Å²) in [6.07, 6.45) is 3.79. The molecule has 0 fully saturated rings. The predicted octanol–water partition coefficient (Wildman–Crippen LogP) is 5.48. The second-order valence-corrected chi connectivity index (χ2v) is 4.15. The molecule has 0 atom stereocenters. The topological polar surface area (TPSA) is 12.9 Å². The number of nitrogens with zero attached hydrogens (tertiary/aromatic N) is 1. The summed E-state index contributed by atoms with van der Waals surface area (Å²) in [5, 5.41) is 2.16. The SMILES string of the molecule is CC.CC.Cc1cncc(-c2cc(C)cs2)c1. The lowest BCUT2D eigenvalue weighted by Gasteiger charge is -1.96. The van der Waals surface area contributed by atoms with Gasteiger partial charge >= 0.3 is 0 Å². The van der Waals surface area contributed by atoms with E-state index in [0.29, 0.717) is 0 Å². The molecule has 0 bridgehead atoms. The highest BCUT2D eigenvalue weighted by Crippen LogP contribution is 2.26. The molecule has 2 heteroatoms. The van der Waals surface area contributed by atoms with E-state index in [-0.39, 0.29) is 0 Å². The molecule has 2 aromatic rings. The Balaban J connectivity index is 0.000000581. The molecule has 94 valence electrons. The average molecular weight is 249 g/mol. The molecule has 0 amide bonds. The van der Waals surface area contributed by atoms with E-state index in [1.165, 1.54) is 21.6 Å². The minimum Gasteiger partial charge on any atom is -0.264 e. The third kappa shape index (κ3) is 5.14. The van der Waals surface area contributed by atoms with Crippen LogP contribution in [0.4, 0.5) is 0 Å². The van der Waals surface area contributed by atoms with Gasteiger partial charge in [-0.1, -0.05) is 27.7 Å². The summed E-state index contributed by atoms with van der Waals surface area (Å²) < 4.78 is 0. The zero-order chi connectivity index (χ0) is 13.3. The molecule has 0 aliphatic carbocycles. The minimum absolute atomic E-state index is 1.21. The van der Waals surface area contributed by atoms with Crippen molar-refractivity contribution in [1.29, 1.82) is 0 Å². The number of pyridine rings is 1. The van der Waals surface area contributed by atoms with Gasteiger partial charge in [-0.3, -0.25) is 4.98 Å². The van der Waals surface area contributed by atoms with Crippen molar-refractivity contribution in [3.63, 3.8) is 0 Å². The summed E-state index contributed by atoms with van der Waals surface area (Å²) in [5.74, 6) is 0. The van der Waals surface area contributed by atoms with Crippen molar-refractivity contribution < 1.29 is 0 Å². The molecule has 2 rings (SSSR count). The lowest BCUT2D eigenvalue weighted by molar-refractivity contribution is 1.27. The average Bonchev–Trinajstić information content (AvgIpc) is 2.81. The van der Waals surface area contributed by atoms with Crippen LogP contribution in [0.2, 0.25) is 0 Å². The molecule has 1 nitrogen and oxygen atoms in total. The zero-order valence-electron chi connectivity index (χ0n) is 11.7. The van der Waals surface area contributed by atoms with Crippen LogP contribution >= 0.6 is 11.3 Å². The minimum atomic E-state index is 1.21. The molecular formula is C15H23NS. The number of aryl methyl sites for hydroxylation is 2. The van der Waals surface area contributed by atoms with E-state index < -0.39 is 0 Å². The molecule has 0 unspecified atom stereocenters. The fourth-order valence-corrected chi connectivity index (χ4v) is 2.15. The van der Waals surface area contributed by atoms with E-state index in [2.05, 4.69) is 36.3 Å². The number of aromatic nitrogens is 1. The fraction of sp³-hybridized carbons (Fsp3) is 0.400.